The van der Waals surface area contributed by atoms with Crippen LogP contribution >= 0.6 is 23.2 Å². The van der Waals surface area contributed by atoms with Gasteiger partial charge in [0, 0.05) is 33.9 Å². The van der Waals surface area contributed by atoms with Gasteiger partial charge in [-0.05, 0) is 36.4 Å². The molecular formula is C22H16Cl2N4O5. The van der Waals surface area contributed by atoms with E-state index < -0.39 is 10.8 Å². The van der Waals surface area contributed by atoms with Crippen molar-refractivity contribution in [1.82, 2.24) is 9.78 Å². The standard InChI is InChI=1S/C22H16Cl2N4O5/c23-19-2-1-3-20(24)18(19)12-27-11-14(10-25-27)26-22(29)21-9-8-17(33-21)13-32-16-6-4-15(5-7-16)28(30)31/h1-11H,12-13H2,(H,26,29). The zero-order valence-corrected chi connectivity index (χ0v) is 18.4. The van der Waals surface area contributed by atoms with Crippen LogP contribution in [0.25, 0.3) is 0 Å². The van der Waals surface area contributed by atoms with Crippen molar-refractivity contribution in [3.05, 3.63) is 104 Å². The molecule has 1 amide bonds. The predicted molar refractivity (Wildman–Crippen MR) is 122 cm³/mol. The third-order valence-electron chi connectivity index (χ3n) is 4.59. The van der Waals surface area contributed by atoms with Crippen molar-refractivity contribution in [3.8, 4) is 5.75 Å². The Kier molecular flexibility index (Phi) is 6.62. The lowest BCUT2D eigenvalue weighted by Gasteiger charge is -2.06. The van der Waals surface area contributed by atoms with E-state index in [1.54, 1.807) is 35.1 Å². The number of non-ortho nitro benzene ring substituents is 1. The van der Waals surface area contributed by atoms with E-state index >= 15 is 0 Å². The number of nitro benzene ring substituents is 1. The van der Waals surface area contributed by atoms with Gasteiger partial charge in [-0.15, -0.1) is 0 Å². The van der Waals surface area contributed by atoms with E-state index in [0.29, 0.717) is 33.8 Å². The van der Waals surface area contributed by atoms with Crippen molar-refractivity contribution in [2.75, 3.05) is 5.32 Å². The second-order valence-corrected chi connectivity index (χ2v) is 7.70. The summed E-state index contributed by atoms with van der Waals surface area (Å²) < 4.78 is 12.7. The molecule has 168 valence electrons. The zero-order valence-electron chi connectivity index (χ0n) is 16.9. The summed E-state index contributed by atoms with van der Waals surface area (Å²) in [6, 6.07) is 14.1. The molecule has 0 aliphatic heterocycles. The molecule has 2 heterocycles. The van der Waals surface area contributed by atoms with Crippen molar-refractivity contribution < 1.29 is 18.9 Å². The summed E-state index contributed by atoms with van der Waals surface area (Å²) in [5, 5.41) is 18.7. The van der Waals surface area contributed by atoms with E-state index in [2.05, 4.69) is 10.4 Å². The Hall–Kier alpha value is -3.82. The maximum Gasteiger partial charge on any atom is 0.291 e. The molecule has 0 bridgehead atoms. The average molecular weight is 487 g/mol. The minimum absolute atomic E-state index is 0.0300. The molecule has 1 N–H and O–H groups in total. The first-order valence-corrected chi connectivity index (χ1v) is 10.4. The minimum atomic E-state index is -0.489. The lowest BCUT2D eigenvalue weighted by Crippen LogP contribution is -2.10. The Balaban J connectivity index is 1.34. The number of nitrogens with zero attached hydrogens (tertiary/aromatic N) is 3. The fraction of sp³-hybridized carbons (Fsp3) is 0.0909. The molecule has 0 spiro atoms. The van der Waals surface area contributed by atoms with Gasteiger partial charge in [0.05, 0.1) is 23.4 Å². The second-order valence-electron chi connectivity index (χ2n) is 6.89. The monoisotopic (exact) mass is 486 g/mol. The zero-order chi connectivity index (χ0) is 23.4. The topological polar surface area (TPSA) is 112 Å². The van der Waals surface area contributed by atoms with Crippen LogP contribution in [-0.4, -0.2) is 20.6 Å². The molecule has 0 unspecified atom stereocenters. The van der Waals surface area contributed by atoms with Crippen LogP contribution < -0.4 is 10.1 Å². The summed E-state index contributed by atoms with van der Waals surface area (Å²) in [4.78, 5) is 22.7. The fourth-order valence-electron chi connectivity index (χ4n) is 2.95. The molecule has 4 aromatic rings. The molecule has 0 saturated heterocycles. The average Bonchev–Trinajstić information content (AvgIpc) is 3.45. The number of benzene rings is 2. The number of rotatable bonds is 8. The predicted octanol–water partition coefficient (Wildman–Crippen LogP) is 5.57. The third-order valence-corrected chi connectivity index (χ3v) is 5.30. The van der Waals surface area contributed by atoms with Crippen LogP contribution in [-0.2, 0) is 13.2 Å². The molecule has 11 heteroatoms. The number of nitro groups is 1. The fourth-order valence-corrected chi connectivity index (χ4v) is 3.47. The lowest BCUT2D eigenvalue weighted by atomic mass is 10.2. The molecule has 0 fully saturated rings. The summed E-state index contributed by atoms with van der Waals surface area (Å²) in [6.07, 6.45) is 3.16. The highest BCUT2D eigenvalue weighted by Gasteiger charge is 2.14. The number of ether oxygens (including phenoxy) is 1. The SMILES string of the molecule is O=C(Nc1cnn(Cc2c(Cl)cccc2Cl)c1)c1ccc(COc2ccc([N+](=O)[O-])cc2)o1. The quantitative estimate of drug-likeness (QED) is 0.257. The highest BCUT2D eigenvalue weighted by atomic mass is 35.5. The van der Waals surface area contributed by atoms with Crippen LogP contribution in [0.4, 0.5) is 11.4 Å². The summed E-state index contributed by atoms with van der Waals surface area (Å²) >= 11 is 12.4. The lowest BCUT2D eigenvalue weighted by molar-refractivity contribution is -0.384. The Labute approximate surface area is 197 Å². The molecular weight excluding hydrogens is 471 g/mol. The number of furan rings is 1. The van der Waals surface area contributed by atoms with E-state index in [0.717, 1.165) is 5.56 Å². The van der Waals surface area contributed by atoms with Crippen LogP contribution in [0, 0.1) is 10.1 Å². The molecule has 33 heavy (non-hydrogen) atoms. The van der Waals surface area contributed by atoms with Crippen LogP contribution in [0.1, 0.15) is 21.9 Å². The molecule has 2 aromatic carbocycles. The van der Waals surface area contributed by atoms with Gasteiger partial charge >= 0.3 is 0 Å². The van der Waals surface area contributed by atoms with Gasteiger partial charge in [0.25, 0.3) is 11.6 Å². The Bertz CT molecular complexity index is 1280. The minimum Gasteiger partial charge on any atom is -0.486 e. The van der Waals surface area contributed by atoms with Gasteiger partial charge in [0.2, 0.25) is 0 Å². The van der Waals surface area contributed by atoms with Gasteiger partial charge in [-0.1, -0.05) is 29.3 Å². The summed E-state index contributed by atoms with van der Waals surface area (Å²) in [5.74, 6) is 0.503. The van der Waals surface area contributed by atoms with Crippen LogP contribution in [0.2, 0.25) is 10.0 Å². The normalized spacial score (nSPS) is 10.7. The Morgan fingerprint density at radius 1 is 1.12 bits per heavy atom. The smallest absolute Gasteiger partial charge is 0.291 e. The first kappa shape index (κ1) is 22.4. The number of hydrogen-bond donors (Lipinski definition) is 1. The number of anilines is 1. The summed E-state index contributed by atoms with van der Waals surface area (Å²) in [6.45, 7) is 0.404. The van der Waals surface area contributed by atoms with E-state index in [1.165, 1.54) is 36.5 Å². The van der Waals surface area contributed by atoms with Crippen LogP contribution in [0.15, 0.2) is 71.4 Å². The first-order chi connectivity index (χ1) is 15.9. The van der Waals surface area contributed by atoms with Crippen molar-refractivity contribution in [1.29, 1.82) is 0 Å². The number of carbonyl (C=O) groups is 1. The van der Waals surface area contributed by atoms with Gasteiger partial charge in [0.1, 0.15) is 18.1 Å². The van der Waals surface area contributed by atoms with Gasteiger partial charge in [-0.3, -0.25) is 19.6 Å². The Morgan fingerprint density at radius 3 is 2.55 bits per heavy atom. The molecule has 0 radical (unpaired) electrons. The summed E-state index contributed by atoms with van der Waals surface area (Å²) in [5.41, 5.74) is 1.17. The maximum absolute atomic E-state index is 12.5. The second kappa shape index (κ2) is 9.76. The number of amides is 1. The van der Waals surface area contributed by atoms with Gasteiger partial charge < -0.3 is 14.5 Å². The number of aromatic nitrogens is 2. The molecule has 0 saturated carbocycles. The number of hydrogen-bond acceptors (Lipinski definition) is 6. The van der Waals surface area contributed by atoms with Crippen molar-refractivity contribution in [2.24, 2.45) is 0 Å². The van der Waals surface area contributed by atoms with E-state index in [1.807, 2.05) is 0 Å². The highest BCUT2D eigenvalue weighted by molar-refractivity contribution is 6.35. The molecule has 0 aliphatic rings. The Morgan fingerprint density at radius 2 is 1.85 bits per heavy atom. The van der Waals surface area contributed by atoms with Gasteiger partial charge in [-0.25, -0.2) is 0 Å². The first-order valence-electron chi connectivity index (χ1n) is 9.62. The van der Waals surface area contributed by atoms with Crippen molar-refractivity contribution in [2.45, 2.75) is 13.2 Å². The molecule has 2 aromatic heterocycles. The van der Waals surface area contributed by atoms with Crippen molar-refractivity contribution in [3.63, 3.8) is 0 Å². The molecule has 0 atom stereocenters. The number of halogens is 2. The third kappa shape index (κ3) is 5.51. The molecule has 9 nitrogen and oxygen atoms in total. The van der Waals surface area contributed by atoms with Crippen LogP contribution in [0.5, 0.6) is 5.75 Å². The van der Waals surface area contributed by atoms with Crippen molar-refractivity contribution >= 4 is 40.5 Å². The van der Waals surface area contributed by atoms with E-state index in [-0.39, 0.29) is 18.1 Å². The van der Waals surface area contributed by atoms with E-state index in [9.17, 15) is 14.9 Å². The highest BCUT2D eigenvalue weighted by Crippen LogP contribution is 2.25. The maximum atomic E-state index is 12.5. The van der Waals surface area contributed by atoms with Gasteiger partial charge in [-0.2, -0.15) is 5.10 Å². The van der Waals surface area contributed by atoms with Gasteiger partial charge in [0.15, 0.2) is 5.76 Å². The van der Waals surface area contributed by atoms with E-state index in [4.69, 9.17) is 32.4 Å². The largest absolute Gasteiger partial charge is 0.486 e. The molecule has 0 aliphatic carbocycles. The number of nitrogens with one attached hydrogen (secondary N) is 1. The summed E-state index contributed by atoms with van der Waals surface area (Å²) in [7, 11) is 0. The molecule has 4 rings (SSSR count). The number of carbonyl (C=O) groups excluding carboxylic acids is 1. The van der Waals surface area contributed by atoms with Crippen LogP contribution in [0.3, 0.4) is 0 Å².